The van der Waals surface area contributed by atoms with Crippen LogP contribution in [0.5, 0.6) is 5.75 Å². The van der Waals surface area contributed by atoms with Gasteiger partial charge < -0.3 is 10.1 Å². The summed E-state index contributed by atoms with van der Waals surface area (Å²) >= 11 is 3.55. The second-order valence-corrected chi connectivity index (χ2v) is 5.08. The van der Waals surface area contributed by atoms with Crippen LogP contribution in [-0.4, -0.2) is 13.2 Å². The lowest BCUT2D eigenvalue weighted by atomic mass is 10.2. The number of halogens is 1. The van der Waals surface area contributed by atoms with Gasteiger partial charge in [0, 0.05) is 6.54 Å². The Labute approximate surface area is 119 Å². The van der Waals surface area contributed by atoms with Gasteiger partial charge in [0.1, 0.15) is 5.75 Å². The van der Waals surface area contributed by atoms with E-state index in [1.165, 1.54) is 5.56 Å². The molecule has 1 aromatic carbocycles. The summed E-state index contributed by atoms with van der Waals surface area (Å²) in [5, 5.41) is 3.39. The van der Waals surface area contributed by atoms with Crippen molar-refractivity contribution in [2.24, 2.45) is 0 Å². The molecule has 0 unspecified atom stereocenters. The molecule has 0 heterocycles. The molecule has 18 heavy (non-hydrogen) atoms. The molecule has 3 heteroatoms. The van der Waals surface area contributed by atoms with Crippen LogP contribution in [0.2, 0.25) is 0 Å². The average Bonchev–Trinajstić information content (AvgIpc) is 2.37. The van der Waals surface area contributed by atoms with Gasteiger partial charge in [0.15, 0.2) is 0 Å². The molecule has 0 aliphatic heterocycles. The van der Waals surface area contributed by atoms with Gasteiger partial charge in [-0.3, -0.25) is 0 Å². The summed E-state index contributed by atoms with van der Waals surface area (Å²) < 4.78 is 6.73. The molecule has 0 amide bonds. The molecule has 1 aromatic rings. The first kappa shape index (κ1) is 15.3. The van der Waals surface area contributed by atoms with Crippen LogP contribution in [0.1, 0.15) is 31.7 Å². The van der Waals surface area contributed by atoms with Gasteiger partial charge in [0.05, 0.1) is 11.1 Å². The summed E-state index contributed by atoms with van der Waals surface area (Å²) in [5.74, 6) is 0.915. The Kier molecular flexibility index (Phi) is 7.78. The second kappa shape index (κ2) is 9.17. The lowest BCUT2D eigenvalue weighted by Crippen LogP contribution is -2.13. The maximum absolute atomic E-state index is 5.70. The van der Waals surface area contributed by atoms with Crippen LogP contribution >= 0.6 is 15.9 Å². The quantitative estimate of drug-likeness (QED) is 0.542. The van der Waals surface area contributed by atoms with E-state index in [9.17, 15) is 0 Å². The fraction of sp³-hybridized carbons (Fsp3) is 0.467. The predicted octanol–water partition coefficient (Wildman–Crippen LogP) is 4.29. The van der Waals surface area contributed by atoms with E-state index in [4.69, 9.17) is 4.74 Å². The van der Waals surface area contributed by atoms with Crippen LogP contribution in [-0.2, 0) is 6.54 Å². The molecule has 0 radical (unpaired) electrons. The van der Waals surface area contributed by atoms with E-state index < -0.39 is 0 Å². The molecule has 100 valence electrons. The summed E-state index contributed by atoms with van der Waals surface area (Å²) in [6.45, 7) is 8.56. The molecular weight excluding hydrogens is 290 g/mol. The summed E-state index contributed by atoms with van der Waals surface area (Å²) in [5.41, 5.74) is 1.27. The Hall–Kier alpha value is -0.800. The minimum Gasteiger partial charge on any atom is -0.492 e. The van der Waals surface area contributed by atoms with E-state index in [0.717, 1.165) is 49.2 Å². The lowest BCUT2D eigenvalue weighted by Gasteiger charge is -2.10. The Bertz CT molecular complexity index is 366. The molecule has 0 saturated heterocycles. The van der Waals surface area contributed by atoms with Crippen LogP contribution in [0, 0.1) is 0 Å². The fourth-order valence-corrected chi connectivity index (χ4v) is 2.13. The lowest BCUT2D eigenvalue weighted by molar-refractivity contribution is 0.310. The Balaban J connectivity index is 2.43. The van der Waals surface area contributed by atoms with Gasteiger partial charge in [0.2, 0.25) is 0 Å². The molecule has 0 fully saturated rings. The van der Waals surface area contributed by atoms with Crippen LogP contribution in [0.4, 0.5) is 0 Å². The number of benzene rings is 1. The first-order valence-electron chi connectivity index (χ1n) is 6.50. The second-order valence-electron chi connectivity index (χ2n) is 4.22. The standard InChI is InChI=1S/C15H22BrNO/c1-3-5-6-10-18-15-8-7-13(11-14(15)16)12-17-9-4-2/h3,7-8,11,17H,1,4-6,9-10,12H2,2H3. The van der Waals surface area contributed by atoms with Crippen LogP contribution in [0.3, 0.4) is 0 Å². The number of hydrogen-bond acceptors (Lipinski definition) is 2. The molecule has 1 N–H and O–H groups in total. The summed E-state index contributed by atoms with van der Waals surface area (Å²) in [7, 11) is 0. The number of ether oxygens (including phenoxy) is 1. The van der Waals surface area contributed by atoms with Crippen LogP contribution in [0.15, 0.2) is 35.3 Å². The van der Waals surface area contributed by atoms with Crippen LogP contribution < -0.4 is 10.1 Å². The zero-order valence-corrected chi connectivity index (χ0v) is 12.6. The van der Waals surface area contributed by atoms with Crippen molar-refractivity contribution < 1.29 is 4.74 Å². The van der Waals surface area contributed by atoms with E-state index in [2.05, 4.69) is 46.9 Å². The fourth-order valence-electron chi connectivity index (χ4n) is 1.59. The Morgan fingerprint density at radius 1 is 1.44 bits per heavy atom. The Morgan fingerprint density at radius 3 is 2.94 bits per heavy atom. The van der Waals surface area contributed by atoms with Crippen molar-refractivity contribution in [3.05, 3.63) is 40.9 Å². The normalized spacial score (nSPS) is 10.3. The van der Waals surface area contributed by atoms with Crippen LogP contribution in [0.25, 0.3) is 0 Å². The monoisotopic (exact) mass is 311 g/mol. The van der Waals surface area contributed by atoms with Gasteiger partial charge >= 0.3 is 0 Å². The number of unbranched alkanes of at least 4 members (excludes halogenated alkanes) is 1. The topological polar surface area (TPSA) is 21.3 Å². The van der Waals surface area contributed by atoms with Gasteiger partial charge in [-0.1, -0.05) is 19.1 Å². The minimum absolute atomic E-state index is 0.734. The number of hydrogen-bond donors (Lipinski definition) is 1. The highest BCUT2D eigenvalue weighted by Gasteiger charge is 2.02. The molecule has 0 bridgehead atoms. The van der Waals surface area contributed by atoms with Gasteiger partial charge in [0.25, 0.3) is 0 Å². The molecule has 1 rings (SSSR count). The van der Waals surface area contributed by atoms with Crippen molar-refractivity contribution in [1.82, 2.24) is 5.32 Å². The number of nitrogens with one attached hydrogen (secondary N) is 1. The van der Waals surface area contributed by atoms with Gasteiger partial charge in [-0.05, 0) is 59.4 Å². The molecule has 0 aliphatic rings. The highest BCUT2D eigenvalue weighted by atomic mass is 79.9. The molecular formula is C15H22BrNO. The highest BCUT2D eigenvalue weighted by Crippen LogP contribution is 2.26. The van der Waals surface area contributed by atoms with Crippen molar-refractivity contribution in [2.45, 2.75) is 32.7 Å². The first-order valence-corrected chi connectivity index (χ1v) is 7.30. The summed E-state index contributed by atoms with van der Waals surface area (Å²) in [4.78, 5) is 0. The minimum atomic E-state index is 0.734. The van der Waals surface area contributed by atoms with Crippen molar-refractivity contribution in [3.8, 4) is 5.75 Å². The van der Waals surface area contributed by atoms with Crippen molar-refractivity contribution in [1.29, 1.82) is 0 Å². The molecule has 0 spiro atoms. The third-order valence-corrected chi connectivity index (χ3v) is 3.18. The smallest absolute Gasteiger partial charge is 0.133 e. The molecule has 2 nitrogen and oxygen atoms in total. The van der Waals surface area contributed by atoms with E-state index in [1.54, 1.807) is 0 Å². The van der Waals surface area contributed by atoms with Crippen molar-refractivity contribution in [2.75, 3.05) is 13.2 Å². The highest BCUT2D eigenvalue weighted by molar-refractivity contribution is 9.10. The summed E-state index contributed by atoms with van der Waals surface area (Å²) in [6.07, 6.45) is 5.08. The third-order valence-electron chi connectivity index (χ3n) is 2.56. The van der Waals surface area contributed by atoms with E-state index >= 15 is 0 Å². The summed E-state index contributed by atoms with van der Waals surface area (Å²) in [6, 6.07) is 6.25. The van der Waals surface area contributed by atoms with Crippen molar-refractivity contribution >= 4 is 15.9 Å². The molecule has 0 aliphatic carbocycles. The SMILES string of the molecule is C=CCCCOc1ccc(CNCCC)cc1Br. The maximum Gasteiger partial charge on any atom is 0.133 e. The molecule has 0 aromatic heterocycles. The molecule has 0 saturated carbocycles. The first-order chi connectivity index (χ1) is 8.77. The number of rotatable bonds is 9. The van der Waals surface area contributed by atoms with Gasteiger partial charge in [-0.2, -0.15) is 0 Å². The van der Waals surface area contributed by atoms with E-state index in [1.807, 2.05) is 12.1 Å². The van der Waals surface area contributed by atoms with E-state index in [0.29, 0.717) is 0 Å². The van der Waals surface area contributed by atoms with Gasteiger partial charge in [-0.25, -0.2) is 0 Å². The molecule has 0 atom stereocenters. The predicted molar refractivity (Wildman–Crippen MR) is 81.1 cm³/mol. The number of allylic oxidation sites excluding steroid dienone is 1. The maximum atomic E-state index is 5.70. The third kappa shape index (κ3) is 5.69. The van der Waals surface area contributed by atoms with Gasteiger partial charge in [-0.15, -0.1) is 6.58 Å². The average molecular weight is 312 g/mol. The largest absolute Gasteiger partial charge is 0.492 e. The zero-order valence-electron chi connectivity index (χ0n) is 11.0. The Morgan fingerprint density at radius 2 is 2.28 bits per heavy atom. The van der Waals surface area contributed by atoms with E-state index in [-0.39, 0.29) is 0 Å². The zero-order chi connectivity index (χ0) is 13.2. The van der Waals surface area contributed by atoms with Crippen molar-refractivity contribution in [3.63, 3.8) is 0 Å².